The number of allylic oxidation sites excluding steroid dienone is 5. The van der Waals surface area contributed by atoms with E-state index in [9.17, 15) is 0 Å². The van der Waals surface area contributed by atoms with Crippen molar-refractivity contribution in [3.05, 3.63) is 234 Å². The van der Waals surface area contributed by atoms with Crippen molar-refractivity contribution in [3.8, 4) is 33.8 Å². The summed E-state index contributed by atoms with van der Waals surface area (Å²) in [6.07, 6.45) is 9.37. The molecule has 0 aromatic heterocycles. The van der Waals surface area contributed by atoms with Gasteiger partial charge in [0.2, 0.25) is 0 Å². The monoisotopic (exact) mass is 667 g/mol. The van der Waals surface area contributed by atoms with Crippen molar-refractivity contribution in [2.75, 3.05) is 5.32 Å². The van der Waals surface area contributed by atoms with E-state index in [-0.39, 0.29) is 0 Å². The van der Waals surface area contributed by atoms with Crippen LogP contribution in [-0.4, -0.2) is 0 Å². The highest BCUT2D eigenvalue weighted by Crippen LogP contribution is 2.61. The van der Waals surface area contributed by atoms with Crippen LogP contribution in [0.15, 0.2) is 201 Å². The molecule has 0 saturated carbocycles. The van der Waals surface area contributed by atoms with Gasteiger partial charge < -0.3 is 10.1 Å². The van der Waals surface area contributed by atoms with E-state index in [1.807, 2.05) is 0 Å². The van der Waals surface area contributed by atoms with Crippen LogP contribution < -0.4 is 10.1 Å². The molecule has 0 fully saturated rings. The van der Waals surface area contributed by atoms with Crippen molar-refractivity contribution in [2.45, 2.75) is 11.8 Å². The van der Waals surface area contributed by atoms with E-state index in [0.29, 0.717) is 0 Å². The molecule has 0 atom stereocenters. The Morgan fingerprint density at radius 1 is 0.538 bits per heavy atom. The first-order chi connectivity index (χ1) is 25.7. The molecule has 0 bridgehead atoms. The third-order valence-electron chi connectivity index (χ3n) is 10.4. The highest BCUT2D eigenvalue weighted by Gasteiger charge is 2.49. The summed E-state index contributed by atoms with van der Waals surface area (Å²) in [5.74, 6) is 1.73. The summed E-state index contributed by atoms with van der Waals surface area (Å²) >= 11 is 0. The summed E-state index contributed by atoms with van der Waals surface area (Å²) in [5.41, 5.74) is 14.2. The summed E-state index contributed by atoms with van der Waals surface area (Å²) in [4.78, 5) is 0. The van der Waals surface area contributed by atoms with Crippen LogP contribution in [0.2, 0.25) is 0 Å². The minimum Gasteiger partial charge on any atom is -0.457 e. The lowest BCUT2D eigenvalue weighted by atomic mass is 9.61. The smallest absolute Gasteiger partial charge is 0.132 e. The van der Waals surface area contributed by atoms with Crippen molar-refractivity contribution in [3.63, 3.8) is 0 Å². The number of fused-ring (bicyclic) bond motifs is 8. The van der Waals surface area contributed by atoms with Gasteiger partial charge in [-0.25, -0.2) is 0 Å². The third-order valence-corrected chi connectivity index (χ3v) is 10.4. The average Bonchev–Trinajstić information content (AvgIpc) is 3.21. The van der Waals surface area contributed by atoms with E-state index in [1.165, 1.54) is 33.4 Å². The standard InChI is InChI=1S/C50H37NO/c1-35(17-5-2-6-18-36-19-7-3-8-20-36)38-29-31-46-44(33-38)50(42-25-13-15-27-48(42)52-49-28-16-14-26-43(49)50)45-34-39(30-32-47(45)51-46)41-24-12-11-23-40(41)37-21-9-4-10-22-37/h2-17,19-34,51H,1,18H2/b6-2-,17-5-. The first kappa shape index (κ1) is 31.3. The van der Waals surface area contributed by atoms with Crippen LogP contribution in [0, 0.1) is 0 Å². The highest BCUT2D eigenvalue weighted by molar-refractivity contribution is 5.90. The number of rotatable bonds is 7. The van der Waals surface area contributed by atoms with Gasteiger partial charge in [0.25, 0.3) is 0 Å². The van der Waals surface area contributed by atoms with E-state index in [1.54, 1.807) is 0 Å². The molecule has 2 heteroatoms. The van der Waals surface area contributed by atoms with Crippen LogP contribution in [-0.2, 0) is 11.8 Å². The van der Waals surface area contributed by atoms with Gasteiger partial charge in [-0.05, 0) is 92.9 Å². The van der Waals surface area contributed by atoms with E-state index in [4.69, 9.17) is 4.74 Å². The number of para-hydroxylation sites is 2. The van der Waals surface area contributed by atoms with Crippen LogP contribution >= 0.6 is 0 Å². The summed E-state index contributed by atoms with van der Waals surface area (Å²) in [7, 11) is 0. The molecule has 248 valence electrons. The average molecular weight is 668 g/mol. The maximum absolute atomic E-state index is 6.66. The molecule has 1 N–H and O–H groups in total. The van der Waals surface area contributed by atoms with Crippen molar-refractivity contribution < 1.29 is 4.74 Å². The largest absolute Gasteiger partial charge is 0.457 e. The molecule has 0 unspecified atom stereocenters. The second-order valence-electron chi connectivity index (χ2n) is 13.4. The molecular weight excluding hydrogens is 631 g/mol. The predicted molar refractivity (Wildman–Crippen MR) is 216 cm³/mol. The first-order valence-corrected chi connectivity index (χ1v) is 17.8. The predicted octanol–water partition coefficient (Wildman–Crippen LogP) is 12.9. The number of ether oxygens (including phenoxy) is 1. The zero-order chi connectivity index (χ0) is 34.9. The Morgan fingerprint density at radius 2 is 1.12 bits per heavy atom. The third kappa shape index (κ3) is 5.37. The molecule has 2 aliphatic heterocycles. The number of anilines is 2. The SMILES string of the molecule is C=C(/C=C\C=C/Cc1ccccc1)c1ccc2c(c1)C1(c3cc(-c4ccccc4-c4ccccc4)ccc3N2)c2ccccc2Oc2ccccc21. The van der Waals surface area contributed by atoms with E-state index < -0.39 is 5.41 Å². The van der Waals surface area contributed by atoms with Crippen molar-refractivity contribution in [2.24, 2.45) is 0 Å². The molecule has 9 rings (SSSR count). The second-order valence-corrected chi connectivity index (χ2v) is 13.4. The molecule has 7 aromatic carbocycles. The van der Waals surface area contributed by atoms with Gasteiger partial charge in [0.05, 0.1) is 5.41 Å². The van der Waals surface area contributed by atoms with E-state index in [2.05, 4.69) is 206 Å². The zero-order valence-corrected chi connectivity index (χ0v) is 28.8. The lowest BCUT2D eigenvalue weighted by molar-refractivity contribution is 0.434. The van der Waals surface area contributed by atoms with Crippen LogP contribution in [0.5, 0.6) is 11.5 Å². The Balaban J connectivity index is 1.21. The Labute approximate surface area is 305 Å². The van der Waals surface area contributed by atoms with Gasteiger partial charge >= 0.3 is 0 Å². The zero-order valence-electron chi connectivity index (χ0n) is 28.8. The molecule has 0 aliphatic carbocycles. The molecule has 2 heterocycles. The van der Waals surface area contributed by atoms with Crippen molar-refractivity contribution in [1.82, 2.24) is 0 Å². The van der Waals surface area contributed by atoms with E-state index in [0.717, 1.165) is 57.1 Å². The molecule has 52 heavy (non-hydrogen) atoms. The highest BCUT2D eigenvalue weighted by atomic mass is 16.5. The number of hydrogen-bond acceptors (Lipinski definition) is 2. The topological polar surface area (TPSA) is 21.3 Å². The van der Waals surface area contributed by atoms with Gasteiger partial charge in [-0.3, -0.25) is 0 Å². The summed E-state index contributed by atoms with van der Waals surface area (Å²) in [6, 6.07) is 60.5. The van der Waals surface area contributed by atoms with Crippen LogP contribution in [0.25, 0.3) is 27.8 Å². The fourth-order valence-electron chi connectivity index (χ4n) is 7.93. The Morgan fingerprint density at radius 3 is 1.83 bits per heavy atom. The quantitative estimate of drug-likeness (QED) is 0.171. The molecular formula is C50H37NO. The molecule has 2 nitrogen and oxygen atoms in total. The summed E-state index contributed by atoms with van der Waals surface area (Å²) in [5, 5.41) is 3.84. The maximum Gasteiger partial charge on any atom is 0.132 e. The normalized spacial score (nSPS) is 13.5. The fraction of sp³-hybridized carbons (Fsp3) is 0.0400. The van der Waals surface area contributed by atoms with Gasteiger partial charge in [0.15, 0.2) is 0 Å². The Hall–Kier alpha value is -6.64. The minimum absolute atomic E-state index is 0.658. The lowest BCUT2D eigenvalue weighted by Gasteiger charge is -2.46. The van der Waals surface area contributed by atoms with Gasteiger partial charge in [0, 0.05) is 22.5 Å². The number of benzene rings is 7. The van der Waals surface area contributed by atoms with Gasteiger partial charge in [-0.2, -0.15) is 0 Å². The minimum atomic E-state index is -0.658. The van der Waals surface area contributed by atoms with Crippen molar-refractivity contribution >= 4 is 16.9 Å². The van der Waals surface area contributed by atoms with Gasteiger partial charge in [-0.1, -0.05) is 164 Å². The Bertz CT molecular complexity index is 2460. The van der Waals surface area contributed by atoms with Crippen LogP contribution in [0.4, 0.5) is 11.4 Å². The first-order valence-electron chi connectivity index (χ1n) is 17.8. The van der Waals surface area contributed by atoms with E-state index >= 15 is 0 Å². The Kier molecular flexibility index (Phi) is 7.98. The lowest BCUT2D eigenvalue weighted by Crippen LogP contribution is -2.37. The maximum atomic E-state index is 6.66. The molecule has 0 amide bonds. The number of nitrogens with one attached hydrogen (secondary N) is 1. The van der Waals surface area contributed by atoms with Gasteiger partial charge in [-0.15, -0.1) is 0 Å². The fourth-order valence-corrected chi connectivity index (χ4v) is 7.93. The molecule has 1 spiro atoms. The summed E-state index contributed by atoms with van der Waals surface area (Å²) < 4.78 is 6.66. The van der Waals surface area contributed by atoms with Crippen LogP contribution in [0.1, 0.15) is 33.4 Å². The molecule has 0 saturated heterocycles. The van der Waals surface area contributed by atoms with Gasteiger partial charge in [0.1, 0.15) is 11.5 Å². The molecule has 2 aliphatic rings. The molecule has 7 aromatic rings. The second kappa shape index (κ2) is 13.2. The molecule has 0 radical (unpaired) electrons. The van der Waals surface area contributed by atoms with Crippen LogP contribution in [0.3, 0.4) is 0 Å². The van der Waals surface area contributed by atoms with Crippen molar-refractivity contribution in [1.29, 1.82) is 0 Å². The number of hydrogen-bond donors (Lipinski definition) is 1. The summed E-state index contributed by atoms with van der Waals surface area (Å²) in [6.45, 7) is 4.52.